The fraction of sp³-hybridized carbons (Fsp3) is 0.521. The Bertz CT molecular complexity index is 2210. The topological polar surface area (TPSA) is 133 Å². The first-order valence-electron chi connectivity index (χ1n) is 21.4. The molecule has 0 aromatic heterocycles. The minimum Gasteiger partial charge on any atom is -0.511 e. The van der Waals surface area contributed by atoms with E-state index >= 15 is 0 Å². The number of unbranched alkanes of at least 4 members (excludes halogenated alkanes) is 1. The van der Waals surface area contributed by atoms with Crippen LogP contribution in [0.2, 0.25) is 0 Å². The number of nitrogens with one attached hydrogen (secondary N) is 1. The lowest BCUT2D eigenvalue weighted by atomic mass is 9.85. The van der Waals surface area contributed by atoms with Crippen LogP contribution in [0.15, 0.2) is 106 Å². The predicted octanol–water partition coefficient (Wildman–Crippen LogP) is 7.82. The van der Waals surface area contributed by atoms with Crippen LogP contribution in [0.5, 0.6) is 0 Å². The summed E-state index contributed by atoms with van der Waals surface area (Å²) in [5, 5.41) is 24.9. The van der Waals surface area contributed by atoms with Crippen LogP contribution in [0.3, 0.4) is 0 Å². The van der Waals surface area contributed by atoms with E-state index in [4.69, 9.17) is 15.0 Å². The lowest BCUT2D eigenvalue weighted by Gasteiger charge is -2.27. The average Bonchev–Trinajstić information content (AvgIpc) is 3.94. The predicted molar refractivity (Wildman–Crippen MR) is 238 cm³/mol. The van der Waals surface area contributed by atoms with Gasteiger partial charge in [-0.2, -0.15) is 0 Å². The largest absolute Gasteiger partial charge is 0.511 e. The molecule has 11 nitrogen and oxygen atoms in total. The molecule has 11 heteroatoms. The summed E-state index contributed by atoms with van der Waals surface area (Å²) in [7, 11) is 8.24. The maximum Gasteiger partial charge on any atom is 0.303 e. The highest BCUT2D eigenvalue weighted by Crippen LogP contribution is 2.47. The van der Waals surface area contributed by atoms with Gasteiger partial charge in [-0.15, -0.1) is 0 Å². The zero-order valence-corrected chi connectivity index (χ0v) is 36.9. The van der Waals surface area contributed by atoms with Crippen molar-refractivity contribution in [1.82, 2.24) is 20.0 Å². The first kappa shape index (κ1) is 43.5. The summed E-state index contributed by atoms with van der Waals surface area (Å²) in [6.07, 6.45) is 8.96. The second-order valence-electron chi connectivity index (χ2n) is 17.0. The summed E-state index contributed by atoms with van der Waals surface area (Å²) in [6, 6.07) is 0. The van der Waals surface area contributed by atoms with E-state index in [2.05, 4.69) is 102 Å². The Morgan fingerprint density at radius 2 is 1.47 bits per heavy atom. The SMILES string of the molecule is CCC1=C(C)C2=NC1=CC1=C(C)C3=C(O)CC(=C4NC(=C(C#CCCCC(=O)O)C5=NC(=C2)C(CC)=C5C)[C@@H](C)C4CC(=O)N(CCCN(C)C)CCCN(C)C)C3=N1. The lowest BCUT2D eigenvalue weighted by Crippen LogP contribution is -2.37. The van der Waals surface area contributed by atoms with Gasteiger partial charge in [0.2, 0.25) is 5.91 Å². The molecule has 0 radical (unpaired) electrons. The number of carbonyl (C=O) groups excluding carboxylic acids is 1. The summed E-state index contributed by atoms with van der Waals surface area (Å²) in [5.74, 6) is 5.93. The number of aliphatic imine (C=N–C) groups is 3. The number of hydrogen-bond acceptors (Lipinski definition) is 9. The van der Waals surface area contributed by atoms with E-state index in [1.165, 1.54) is 0 Å². The zero-order valence-electron chi connectivity index (χ0n) is 36.9. The third kappa shape index (κ3) is 9.09. The highest BCUT2D eigenvalue weighted by molar-refractivity contribution is 6.22. The number of carbonyl (C=O) groups is 2. The molecule has 0 saturated carbocycles. The zero-order chi connectivity index (χ0) is 42.7. The molecule has 1 unspecified atom stereocenters. The Kier molecular flexibility index (Phi) is 13.6. The van der Waals surface area contributed by atoms with Gasteiger partial charge in [0.25, 0.3) is 0 Å². The minimum absolute atomic E-state index is 0.0452. The van der Waals surface area contributed by atoms with Crippen LogP contribution in [-0.2, 0) is 9.59 Å². The number of aliphatic hydroxyl groups is 1. The number of allylic oxidation sites excluding steroid dienone is 12. The number of aliphatic hydroxyl groups excluding tert-OH is 1. The van der Waals surface area contributed by atoms with Crippen LogP contribution < -0.4 is 5.32 Å². The van der Waals surface area contributed by atoms with Crippen molar-refractivity contribution >= 4 is 29.0 Å². The Morgan fingerprint density at radius 1 is 0.831 bits per heavy atom. The van der Waals surface area contributed by atoms with E-state index in [9.17, 15) is 19.8 Å². The van der Waals surface area contributed by atoms with Gasteiger partial charge in [-0.1, -0.05) is 32.6 Å². The number of hydrogen-bond donors (Lipinski definition) is 3. The summed E-state index contributed by atoms with van der Waals surface area (Å²) >= 11 is 0. The molecule has 5 heterocycles. The minimum atomic E-state index is -0.842. The first-order valence-corrected chi connectivity index (χ1v) is 21.4. The normalized spacial score (nSPS) is 21.1. The Hall–Kier alpha value is -5.05. The molecule has 0 aromatic carbocycles. The average molecular weight is 802 g/mol. The molecule has 0 aromatic rings. The molecule has 1 fully saturated rings. The van der Waals surface area contributed by atoms with Gasteiger partial charge in [0, 0.05) is 73.1 Å². The maximum atomic E-state index is 14.6. The molecule has 2 atom stereocenters. The molecule has 8 bridgehead atoms. The van der Waals surface area contributed by atoms with Gasteiger partial charge in [-0.05, 0) is 134 Å². The molecule has 1 saturated heterocycles. The van der Waals surface area contributed by atoms with Crippen LogP contribution in [0.4, 0.5) is 0 Å². The summed E-state index contributed by atoms with van der Waals surface area (Å²) in [6.45, 7) is 15.8. The molecule has 1 aliphatic carbocycles. The van der Waals surface area contributed by atoms with E-state index in [1.807, 2.05) is 11.8 Å². The first-order chi connectivity index (χ1) is 28.1. The van der Waals surface area contributed by atoms with Crippen molar-refractivity contribution in [2.45, 2.75) is 99.3 Å². The number of nitrogens with zero attached hydrogens (tertiary/aromatic N) is 6. The third-order valence-corrected chi connectivity index (χ3v) is 12.4. The molecule has 0 spiro atoms. The molecule has 5 aliphatic heterocycles. The van der Waals surface area contributed by atoms with Crippen LogP contribution in [0.25, 0.3) is 0 Å². The summed E-state index contributed by atoms with van der Waals surface area (Å²) in [5.41, 5.74) is 14.4. The maximum absolute atomic E-state index is 14.6. The van der Waals surface area contributed by atoms with Crippen molar-refractivity contribution in [1.29, 1.82) is 0 Å². The van der Waals surface area contributed by atoms with Crippen LogP contribution in [0, 0.1) is 23.7 Å². The van der Waals surface area contributed by atoms with E-state index in [0.29, 0.717) is 32.4 Å². The van der Waals surface area contributed by atoms with Gasteiger partial charge >= 0.3 is 5.97 Å². The van der Waals surface area contributed by atoms with Crippen molar-refractivity contribution in [3.8, 4) is 11.8 Å². The fourth-order valence-corrected chi connectivity index (χ4v) is 9.09. The monoisotopic (exact) mass is 801 g/mol. The number of aliphatic carboxylic acids is 1. The van der Waals surface area contributed by atoms with Crippen LogP contribution in [-0.4, -0.2) is 108 Å². The highest BCUT2D eigenvalue weighted by atomic mass is 16.4. The second-order valence-corrected chi connectivity index (χ2v) is 17.0. The fourth-order valence-electron chi connectivity index (χ4n) is 9.09. The number of fused-ring (bicyclic) bond motifs is 5. The van der Waals surface area contributed by atoms with E-state index in [-0.39, 0.29) is 36.3 Å². The van der Waals surface area contributed by atoms with E-state index < -0.39 is 5.97 Å². The molecule has 59 heavy (non-hydrogen) atoms. The van der Waals surface area contributed by atoms with E-state index in [1.54, 1.807) is 0 Å². The third-order valence-electron chi connectivity index (χ3n) is 12.4. The molecule has 6 aliphatic rings. The molecule has 3 N–H and O–H groups in total. The van der Waals surface area contributed by atoms with Crippen molar-refractivity contribution in [2.24, 2.45) is 26.8 Å². The van der Waals surface area contributed by atoms with Crippen molar-refractivity contribution < 1.29 is 19.8 Å². The number of rotatable bonds is 15. The van der Waals surface area contributed by atoms with Gasteiger partial charge in [0.1, 0.15) is 5.76 Å². The molecule has 314 valence electrons. The van der Waals surface area contributed by atoms with Gasteiger partial charge in [0.15, 0.2) is 0 Å². The smallest absolute Gasteiger partial charge is 0.303 e. The van der Waals surface area contributed by atoms with Gasteiger partial charge in [-0.3, -0.25) is 9.59 Å². The van der Waals surface area contributed by atoms with Gasteiger partial charge in [0.05, 0.1) is 39.8 Å². The summed E-state index contributed by atoms with van der Waals surface area (Å²) < 4.78 is 0. The highest BCUT2D eigenvalue weighted by Gasteiger charge is 2.43. The Labute approximate surface area is 351 Å². The van der Waals surface area contributed by atoms with E-state index in [0.717, 1.165) is 129 Å². The van der Waals surface area contributed by atoms with Crippen molar-refractivity contribution in [2.75, 3.05) is 54.4 Å². The molecular formula is C48H63N7O4. The quantitative estimate of drug-likeness (QED) is 0.114. The Morgan fingerprint density at radius 3 is 2.10 bits per heavy atom. The lowest BCUT2D eigenvalue weighted by molar-refractivity contribution is -0.137. The van der Waals surface area contributed by atoms with Gasteiger partial charge in [-0.25, -0.2) is 15.0 Å². The molecular weight excluding hydrogens is 739 g/mol. The Balaban J connectivity index is 1.55. The molecule has 6 rings (SSSR count). The standard InChI is InChI=1S/C48H63N7O4/c1-11-32-28(3)37-26-40-33(12-2)29(4)45(51-40)34(18-14-13-15-19-43(58)59)46-30(5)35(25-42(57)55(22-16-20-53(7)8)23-17-21-54(9)10)47(52-46)36-24-41(56)44-31(6)38(50-48(36)44)27-39(32)49-37/h26-27,30,35,52,56H,11-13,15-17,19-25H2,1-10H3,(H,58,59)/t30-,35?/m0/s1. The number of carboxylic acids is 1. The van der Waals surface area contributed by atoms with Crippen molar-refractivity contribution in [3.05, 3.63) is 91.0 Å². The second kappa shape index (κ2) is 18.5. The summed E-state index contributed by atoms with van der Waals surface area (Å²) in [4.78, 5) is 48.1. The van der Waals surface area contributed by atoms with Gasteiger partial charge < -0.3 is 30.2 Å². The number of carboxylic acid groups (broad SMARTS) is 1. The van der Waals surface area contributed by atoms with Crippen LogP contribution in [0.1, 0.15) is 99.3 Å². The van der Waals surface area contributed by atoms with Crippen LogP contribution >= 0.6 is 0 Å². The number of amides is 1. The molecule has 1 amide bonds. The van der Waals surface area contributed by atoms with Crippen molar-refractivity contribution in [3.63, 3.8) is 0 Å².